The number of anilines is 1. The smallest absolute Gasteiger partial charge is 0.273 e. The molecule has 156 valence electrons. The summed E-state index contributed by atoms with van der Waals surface area (Å²) in [5, 5.41) is 5.18. The van der Waals surface area contributed by atoms with E-state index in [1.165, 1.54) is 11.3 Å². The van der Waals surface area contributed by atoms with Gasteiger partial charge in [0.1, 0.15) is 11.7 Å². The van der Waals surface area contributed by atoms with Gasteiger partial charge in [0.05, 0.1) is 23.3 Å². The van der Waals surface area contributed by atoms with Crippen molar-refractivity contribution in [2.45, 2.75) is 6.04 Å². The molecule has 9 heteroatoms. The molecule has 1 atom stereocenters. The molecule has 1 unspecified atom stereocenters. The van der Waals surface area contributed by atoms with E-state index in [-0.39, 0.29) is 30.8 Å². The van der Waals surface area contributed by atoms with Crippen LogP contribution in [0.2, 0.25) is 5.02 Å². The Morgan fingerprint density at radius 2 is 1.87 bits per heavy atom. The number of thiazole rings is 1. The van der Waals surface area contributed by atoms with Crippen molar-refractivity contribution in [2.75, 3.05) is 25.0 Å². The van der Waals surface area contributed by atoms with Crippen LogP contribution in [-0.2, 0) is 4.79 Å². The number of carbonyl (C=O) groups excluding carboxylic acids is 3. The highest BCUT2D eigenvalue weighted by Crippen LogP contribution is 2.31. The zero-order valence-corrected chi connectivity index (χ0v) is 17.8. The topological polar surface area (TPSA) is 82.6 Å². The Labute approximate surface area is 187 Å². The van der Waals surface area contributed by atoms with E-state index in [4.69, 9.17) is 11.6 Å². The highest BCUT2D eigenvalue weighted by atomic mass is 35.5. The van der Waals surface area contributed by atoms with E-state index in [0.29, 0.717) is 28.5 Å². The number of rotatable bonds is 2. The maximum absolute atomic E-state index is 13.4. The number of fused-ring (bicyclic) bond motifs is 2. The molecule has 3 heterocycles. The van der Waals surface area contributed by atoms with Crippen LogP contribution in [0.4, 0.5) is 5.69 Å². The number of halogens is 1. The SMILES string of the molecule is O=C1Nc2ccc(-c3ccc(Cl)cc3)cc2C(=O)N2CCN(C(=O)c3cscn3)CC12. The number of carbonyl (C=O) groups is 3. The molecule has 0 aliphatic carbocycles. The van der Waals surface area contributed by atoms with Crippen molar-refractivity contribution < 1.29 is 14.4 Å². The Balaban J connectivity index is 1.44. The van der Waals surface area contributed by atoms with Crippen LogP contribution in [0.1, 0.15) is 20.8 Å². The average molecular weight is 453 g/mol. The van der Waals surface area contributed by atoms with Crippen LogP contribution in [0, 0.1) is 0 Å². The molecule has 0 saturated carbocycles. The van der Waals surface area contributed by atoms with Gasteiger partial charge >= 0.3 is 0 Å². The predicted octanol–water partition coefficient (Wildman–Crippen LogP) is 3.38. The zero-order chi connectivity index (χ0) is 21.5. The molecule has 3 aromatic rings. The van der Waals surface area contributed by atoms with E-state index >= 15 is 0 Å². The lowest BCUT2D eigenvalue weighted by molar-refractivity contribution is -0.121. The molecule has 1 saturated heterocycles. The van der Waals surface area contributed by atoms with Gasteiger partial charge in [-0.25, -0.2) is 4.98 Å². The molecule has 31 heavy (non-hydrogen) atoms. The summed E-state index contributed by atoms with van der Waals surface area (Å²) in [5.41, 5.74) is 4.64. The van der Waals surface area contributed by atoms with Crippen LogP contribution in [-0.4, -0.2) is 58.2 Å². The van der Waals surface area contributed by atoms with Crippen molar-refractivity contribution in [3.63, 3.8) is 0 Å². The third kappa shape index (κ3) is 3.58. The summed E-state index contributed by atoms with van der Waals surface area (Å²) in [6.07, 6.45) is 0. The molecule has 7 nitrogen and oxygen atoms in total. The fourth-order valence-electron chi connectivity index (χ4n) is 3.94. The molecule has 1 N–H and O–H groups in total. The van der Waals surface area contributed by atoms with Gasteiger partial charge in [-0.3, -0.25) is 14.4 Å². The van der Waals surface area contributed by atoms with Crippen LogP contribution < -0.4 is 5.32 Å². The molecule has 0 bridgehead atoms. The number of nitrogens with zero attached hydrogens (tertiary/aromatic N) is 3. The molecule has 2 aromatic carbocycles. The Hall–Kier alpha value is -3.23. The van der Waals surface area contributed by atoms with Crippen LogP contribution in [0.15, 0.2) is 53.4 Å². The van der Waals surface area contributed by atoms with Gasteiger partial charge in [0.2, 0.25) is 5.91 Å². The van der Waals surface area contributed by atoms with E-state index in [1.807, 2.05) is 18.2 Å². The normalized spacial score (nSPS) is 18.2. The van der Waals surface area contributed by atoms with Crippen molar-refractivity contribution in [3.8, 4) is 11.1 Å². The summed E-state index contributed by atoms with van der Waals surface area (Å²) in [6, 6.07) is 12.0. The Kier molecular flexibility index (Phi) is 4.95. The Bertz CT molecular complexity index is 1180. The second kappa shape index (κ2) is 7.79. The molecule has 0 radical (unpaired) electrons. The number of aromatic nitrogens is 1. The maximum atomic E-state index is 13.4. The lowest BCUT2D eigenvalue weighted by Gasteiger charge is -2.39. The second-order valence-corrected chi connectivity index (χ2v) is 8.55. The van der Waals surface area contributed by atoms with Gasteiger partial charge < -0.3 is 15.1 Å². The fraction of sp³-hybridized carbons (Fsp3) is 0.182. The largest absolute Gasteiger partial charge is 0.333 e. The summed E-state index contributed by atoms with van der Waals surface area (Å²) in [6.45, 7) is 0.751. The highest BCUT2D eigenvalue weighted by molar-refractivity contribution is 7.07. The van der Waals surface area contributed by atoms with Gasteiger partial charge in [0.15, 0.2) is 0 Å². The fourth-order valence-corrected chi connectivity index (χ4v) is 4.59. The van der Waals surface area contributed by atoms with Crippen molar-refractivity contribution in [1.82, 2.24) is 14.8 Å². The molecule has 5 rings (SSSR count). The standard InChI is InChI=1S/C22H17ClN4O3S/c23-15-4-1-13(2-5-15)14-3-6-17-16(9-14)21(29)27-8-7-26(10-19(27)20(28)25-17)22(30)18-11-31-12-24-18/h1-6,9,11-12,19H,7-8,10H2,(H,25,28). The maximum Gasteiger partial charge on any atom is 0.273 e. The van der Waals surface area contributed by atoms with Gasteiger partial charge in [-0.2, -0.15) is 0 Å². The summed E-state index contributed by atoms with van der Waals surface area (Å²) in [5.74, 6) is -0.759. The third-order valence-electron chi connectivity index (χ3n) is 5.57. The molecule has 0 spiro atoms. The van der Waals surface area contributed by atoms with Crippen LogP contribution >= 0.6 is 22.9 Å². The number of piperazine rings is 1. The quantitative estimate of drug-likeness (QED) is 0.646. The van der Waals surface area contributed by atoms with Crippen molar-refractivity contribution >= 4 is 46.3 Å². The zero-order valence-electron chi connectivity index (χ0n) is 16.2. The first kappa shape index (κ1) is 19.7. The third-order valence-corrected chi connectivity index (χ3v) is 6.41. The van der Waals surface area contributed by atoms with Gasteiger partial charge in [-0.1, -0.05) is 29.8 Å². The lowest BCUT2D eigenvalue weighted by atomic mass is 10.0. The van der Waals surface area contributed by atoms with Gasteiger partial charge in [0, 0.05) is 23.5 Å². The minimum Gasteiger partial charge on any atom is -0.333 e. The van der Waals surface area contributed by atoms with Crippen LogP contribution in [0.5, 0.6) is 0 Å². The molecule has 1 fully saturated rings. The first-order valence-corrected chi connectivity index (χ1v) is 11.0. The summed E-state index contributed by atoms with van der Waals surface area (Å²) in [4.78, 5) is 46.2. The number of amides is 3. The van der Waals surface area contributed by atoms with E-state index < -0.39 is 6.04 Å². The first-order valence-electron chi connectivity index (χ1n) is 9.70. The first-order chi connectivity index (χ1) is 15.0. The van der Waals surface area contributed by atoms with Crippen molar-refractivity contribution in [3.05, 3.63) is 69.6 Å². The van der Waals surface area contributed by atoms with Crippen LogP contribution in [0.25, 0.3) is 11.1 Å². The highest BCUT2D eigenvalue weighted by Gasteiger charge is 2.40. The number of hydrogen-bond donors (Lipinski definition) is 1. The average Bonchev–Trinajstić information content (AvgIpc) is 3.30. The number of nitrogens with one attached hydrogen (secondary N) is 1. The molecular formula is C22H17ClN4O3S. The van der Waals surface area contributed by atoms with Crippen molar-refractivity contribution in [2.24, 2.45) is 0 Å². The minimum absolute atomic E-state index is 0.131. The van der Waals surface area contributed by atoms with E-state index in [9.17, 15) is 14.4 Å². The molecular weight excluding hydrogens is 436 g/mol. The summed E-state index contributed by atoms with van der Waals surface area (Å²) >= 11 is 7.32. The lowest BCUT2D eigenvalue weighted by Crippen LogP contribution is -2.59. The van der Waals surface area contributed by atoms with Crippen molar-refractivity contribution in [1.29, 1.82) is 0 Å². The van der Waals surface area contributed by atoms with E-state index in [0.717, 1.165) is 11.1 Å². The minimum atomic E-state index is -0.754. The predicted molar refractivity (Wildman–Crippen MR) is 118 cm³/mol. The van der Waals surface area contributed by atoms with Crippen LogP contribution in [0.3, 0.4) is 0 Å². The second-order valence-electron chi connectivity index (χ2n) is 7.40. The number of benzene rings is 2. The molecule has 2 aliphatic rings. The molecule has 1 aromatic heterocycles. The van der Waals surface area contributed by atoms with Gasteiger partial charge in [-0.15, -0.1) is 11.3 Å². The van der Waals surface area contributed by atoms with E-state index in [2.05, 4.69) is 10.3 Å². The molecule has 3 amide bonds. The Morgan fingerprint density at radius 1 is 1.10 bits per heavy atom. The monoisotopic (exact) mass is 452 g/mol. The Morgan fingerprint density at radius 3 is 2.61 bits per heavy atom. The van der Waals surface area contributed by atoms with E-state index in [1.54, 1.807) is 45.0 Å². The van der Waals surface area contributed by atoms with Gasteiger partial charge in [-0.05, 0) is 35.4 Å². The summed E-state index contributed by atoms with van der Waals surface area (Å²) in [7, 11) is 0. The van der Waals surface area contributed by atoms with Gasteiger partial charge in [0.25, 0.3) is 11.8 Å². The molecule has 2 aliphatic heterocycles. The number of hydrogen-bond acceptors (Lipinski definition) is 5. The summed E-state index contributed by atoms with van der Waals surface area (Å²) < 4.78 is 0.